The molecule has 0 atom stereocenters. The molecule has 0 saturated carbocycles. The average Bonchev–Trinajstić information content (AvgIpc) is 2.45. The first-order chi connectivity index (χ1) is 9.60. The van der Waals surface area contributed by atoms with Crippen molar-refractivity contribution in [2.45, 2.75) is 6.61 Å². The molecule has 0 aliphatic carbocycles. The van der Waals surface area contributed by atoms with Crippen LogP contribution < -0.4 is 0 Å². The molecule has 2 rings (SSSR count). The van der Waals surface area contributed by atoms with Crippen LogP contribution in [0.3, 0.4) is 0 Å². The molecule has 0 saturated heterocycles. The maximum Gasteiger partial charge on any atom is 0.339 e. The molecule has 0 radical (unpaired) electrons. The zero-order chi connectivity index (χ0) is 14.5. The van der Waals surface area contributed by atoms with Crippen LogP contribution >= 0.6 is 15.9 Å². The predicted octanol–water partition coefficient (Wildman–Crippen LogP) is 3.82. The molecular weight excluding hydrogens is 325 g/mol. The minimum absolute atomic E-state index is 0.0537. The van der Waals surface area contributed by atoms with Gasteiger partial charge in [0.25, 0.3) is 0 Å². The number of carbonyl (C=O) groups excluding carboxylic acids is 1. The summed E-state index contributed by atoms with van der Waals surface area (Å²) in [5, 5.41) is 8.78. The summed E-state index contributed by atoms with van der Waals surface area (Å²) in [5.74, 6) is -0.991. The van der Waals surface area contributed by atoms with Gasteiger partial charge in [-0.2, -0.15) is 5.26 Å². The number of hydrogen-bond acceptors (Lipinski definition) is 3. The maximum atomic E-state index is 12.9. The number of ether oxygens (including phenoxy) is 1. The lowest BCUT2D eigenvalue weighted by Crippen LogP contribution is -2.06. The summed E-state index contributed by atoms with van der Waals surface area (Å²) in [6.07, 6.45) is 0. The van der Waals surface area contributed by atoms with E-state index < -0.39 is 11.8 Å². The summed E-state index contributed by atoms with van der Waals surface area (Å²) in [4.78, 5) is 11.9. The molecule has 0 bridgehead atoms. The summed E-state index contributed by atoms with van der Waals surface area (Å²) in [6.45, 7) is 0.0537. The lowest BCUT2D eigenvalue weighted by atomic mass is 10.1. The van der Waals surface area contributed by atoms with Gasteiger partial charge in [-0.25, -0.2) is 9.18 Å². The van der Waals surface area contributed by atoms with Crippen molar-refractivity contribution in [3.05, 3.63) is 69.4 Å². The van der Waals surface area contributed by atoms with Crippen LogP contribution in [-0.2, 0) is 11.3 Å². The fourth-order valence-electron chi connectivity index (χ4n) is 1.61. The van der Waals surface area contributed by atoms with Crippen molar-refractivity contribution in [1.82, 2.24) is 0 Å². The van der Waals surface area contributed by atoms with Crippen LogP contribution in [0, 0.1) is 17.1 Å². The maximum absolute atomic E-state index is 12.9. The molecule has 100 valence electrons. The molecule has 2 aromatic rings. The van der Waals surface area contributed by atoms with Crippen molar-refractivity contribution in [1.29, 1.82) is 5.26 Å². The van der Waals surface area contributed by atoms with Gasteiger partial charge >= 0.3 is 5.97 Å². The standard InChI is InChI=1S/C15H9BrFNO2/c16-14-7-12(17)4-5-13(14)15(19)20-9-11-3-1-2-10(6-11)8-18/h1-7H,9H2. The van der Waals surface area contributed by atoms with Gasteiger partial charge in [0.05, 0.1) is 17.2 Å². The van der Waals surface area contributed by atoms with Gasteiger partial charge < -0.3 is 4.74 Å². The molecule has 0 aliphatic rings. The highest BCUT2D eigenvalue weighted by Crippen LogP contribution is 2.19. The van der Waals surface area contributed by atoms with Crippen LogP contribution in [0.25, 0.3) is 0 Å². The van der Waals surface area contributed by atoms with Crippen molar-refractivity contribution < 1.29 is 13.9 Å². The molecule has 5 heteroatoms. The molecule has 0 amide bonds. The van der Waals surface area contributed by atoms with Crippen LogP contribution in [0.4, 0.5) is 4.39 Å². The summed E-state index contributed by atoms with van der Waals surface area (Å²) >= 11 is 3.11. The molecule has 0 aromatic heterocycles. The molecule has 20 heavy (non-hydrogen) atoms. The number of nitriles is 1. The third kappa shape index (κ3) is 3.43. The zero-order valence-corrected chi connectivity index (χ0v) is 11.9. The van der Waals surface area contributed by atoms with Crippen LogP contribution in [0.2, 0.25) is 0 Å². The zero-order valence-electron chi connectivity index (χ0n) is 10.3. The topological polar surface area (TPSA) is 50.1 Å². The highest BCUT2D eigenvalue weighted by atomic mass is 79.9. The first kappa shape index (κ1) is 14.2. The van der Waals surface area contributed by atoms with Gasteiger partial charge in [-0.1, -0.05) is 12.1 Å². The Balaban J connectivity index is 2.07. The fraction of sp³-hybridized carbons (Fsp3) is 0.0667. The van der Waals surface area contributed by atoms with Crippen molar-refractivity contribution in [2.75, 3.05) is 0 Å². The lowest BCUT2D eigenvalue weighted by Gasteiger charge is -2.06. The minimum atomic E-state index is -0.556. The third-order valence-electron chi connectivity index (χ3n) is 2.58. The highest BCUT2D eigenvalue weighted by Gasteiger charge is 2.12. The number of rotatable bonds is 3. The molecule has 3 nitrogen and oxygen atoms in total. The second kappa shape index (κ2) is 6.31. The van der Waals surface area contributed by atoms with Crippen LogP contribution in [0.5, 0.6) is 0 Å². The molecular formula is C15H9BrFNO2. The summed E-state index contributed by atoms with van der Waals surface area (Å²) in [7, 11) is 0. The first-order valence-electron chi connectivity index (χ1n) is 5.71. The Morgan fingerprint density at radius 3 is 2.80 bits per heavy atom. The fourth-order valence-corrected chi connectivity index (χ4v) is 2.13. The number of nitrogens with zero attached hydrogens (tertiary/aromatic N) is 1. The number of hydrogen-bond donors (Lipinski definition) is 0. The van der Waals surface area contributed by atoms with Gasteiger partial charge in [0, 0.05) is 4.47 Å². The van der Waals surface area contributed by atoms with Crippen molar-refractivity contribution in [2.24, 2.45) is 0 Å². The quantitative estimate of drug-likeness (QED) is 0.802. The summed E-state index contributed by atoms with van der Waals surface area (Å²) in [5.41, 5.74) is 1.47. The second-order valence-corrected chi connectivity index (χ2v) is 4.87. The van der Waals surface area contributed by atoms with Crippen LogP contribution in [0.15, 0.2) is 46.9 Å². The highest BCUT2D eigenvalue weighted by molar-refractivity contribution is 9.10. The van der Waals surface area contributed by atoms with Gasteiger partial charge in [-0.15, -0.1) is 0 Å². The second-order valence-electron chi connectivity index (χ2n) is 4.01. The Kier molecular flexibility index (Phi) is 4.49. The summed E-state index contributed by atoms with van der Waals surface area (Å²) < 4.78 is 18.4. The SMILES string of the molecule is N#Cc1cccc(COC(=O)c2ccc(F)cc2Br)c1. The first-order valence-corrected chi connectivity index (χ1v) is 6.50. The number of carbonyl (C=O) groups is 1. The molecule has 0 spiro atoms. The normalized spacial score (nSPS) is 9.85. The van der Waals surface area contributed by atoms with E-state index in [4.69, 9.17) is 10.00 Å². The van der Waals surface area contributed by atoms with Gasteiger partial charge in [-0.3, -0.25) is 0 Å². The Morgan fingerprint density at radius 2 is 2.10 bits per heavy atom. The van der Waals surface area contributed by atoms with Gasteiger partial charge in [0.1, 0.15) is 12.4 Å². The van der Waals surface area contributed by atoms with Crippen LogP contribution in [0.1, 0.15) is 21.5 Å². The van der Waals surface area contributed by atoms with Crippen molar-refractivity contribution in [3.8, 4) is 6.07 Å². The lowest BCUT2D eigenvalue weighted by molar-refractivity contribution is 0.0471. The molecule has 0 N–H and O–H groups in total. The average molecular weight is 334 g/mol. The van der Waals surface area contributed by atoms with E-state index in [1.807, 2.05) is 6.07 Å². The molecule has 0 unspecified atom stereocenters. The minimum Gasteiger partial charge on any atom is -0.457 e. The van der Waals surface area contributed by atoms with E-state index in [2.05, 4.69) is 15.9 Å². The van der Waals surface area contributed by atoms with E-state index in [-0.39, 0.29) is 12.2 Å². The number of halogens is 2. The van der Waals surface area contributed by atoms with E-state index in [9.17, 15) is 9.18 Å². The third-order valence-corrected chi connectivity index (χ3v) is 3.23. The smallest absolute Gasteiger partial charge is 0.339 e. The van der Waals surface area contributed by atoms with E-state index in [1.54, 1.807) is 24.3 Å². The van der Waals surface area contributed by atoms with E-state index >= 15 is 0 Å². The van der Waals surface area contributed by atoms with E-state index in [0.717, 1.165) is 5.56 Å². The molecule has 0 aliphatic heterocycles. The summed E-state index contributed by atoms with van der Waals surface area (Å²) in [6, 6.07) is 12.6. The van der Waals surface area contributed by atoms with E-state index in [0.29, 0.717) is 10.0 Å². The van der Waals surface area contributed by atoms with Crippen molar-refractivity contribution >= 4 is 21.9 Å². The monoisotopic (exact) mass is 333 g/mol. The molecule has 0 heterocycles. The van der Waals surface area contributed by atoms with E-state index in [1.165, 1.54) is 18.2 Å². The molecule has 2 aromatic carbocycles. The number of benzene rings is 2. The number of esters is 1. The Bertz CT molecular complexity index is 695. The van der Waals surface area contributed by atoms with Gasteiger partial charge in [0.2, 0.25) is 0 Å². The van der Waals surface area contributed by atoms with Crippen molar-refractivity contribution in [3.63, 3.8) is 0 Å². The molecule has 0 fully saturated rings. The van der Waals surface area contributed by atoms with Crippen LogP contribution in [-0.4, -0.2) is 5.97 Å². The van der Waals surface area contributed by atoms with Gasteiger partial charge in [-0.05, 0) is 51.8 Å². The largest absolute Gasteiger partial charge is 0.457 e. The Morgan fingerprint density at radius 1 is 1.30 bits per heavy atom. The predicted molar refractivity (Wildman–Crippen MR) is 74.4 cm³/mol. The Labute approximate surface area is 123 Å². The Hall–Kier alpha value is -2.19. The van der Waals surface area contributed by atoms with Gasteiger partial charge in [0.15, 0.2) is 0 Å².